The van der Waals surface area contributed by atoms with Crippen LogP contribution in [0.3, 0.4) is 0 Å². The van der Waals surface area contributed by atoms with E-state index in [-0.39, 0.29) is 6.04 Å². The molecule has 3 heterocycles. The Hall–Kier alpha value is -2.94. The summed E-state index contributed by atoms with van der Waals surface area (Å²) >= 11 is 1.60. The summed E-state index contributed by atoms with van der Waals surface area (Å²) in [5, 5.41) is 14.2. The summed E-state index contributed by atoms with van der Waals surface area (Å²) in [6.07, 6.45) is 1.35. The number of benzene rings is 1. The van der Waals surface area contributed by atoms with E-state index < -0.39 is 12.1 Å². The molecule has 8 nitrogen and oxygen atoms in total. The highest BCUT2D eigenvalue weighted by atomic mass is 32.1. The van der Waals surface area contributed by atoms with Crippen LogP contribution < -0.4 is 9.47 Å². The van der Waals surface area contributed by atoms with Crippen molar-refractivity contribution in [2.24, 2.45) is 0 Å². The Morgan fingerprint density at radius 1 is 1.36 bits per heavy atom. The lowest BCUT2D eigenvalue weighted by atomic mass is 10.1. The number of hydrogen-bond acceptors (Lipinski definition) is 7. The number of aliphatic carboxylic acids is 1. The molecule has 1 aromatic carbocycles. The molecule has 0 saturated carbocycles. The largest absolute Gasteiger partial charge is 0.492 e. The molecule has 1 aliphatic rings. The maximum Gasteiger partial charge on any atom is 0.344 e. The molecular weight excluding hydrogens is 380 g/mol. The fraction of sp³-hybridized carbons (Fsp3) is 0.368. The first-order chi connectivity index (χ1) is 13.4. The van der Waals surface area contributed by atoms with Gasteiger partial charge in [-0.25, -0.2) is 19.4 Å². The van der Waals surface area contributed by atoms with Crippen LogP contribution in [0.15, 0.2) is 24.5 Å². The third-order valence-electron chi connectivity index (χ3n) is 4.41. The van der Waals surface area contributed by atoms with E-state index in [1.807, 2.05) is 10.7 Å². The lowest BCUT2D eigenvalue weighted by molar-refractivity contribution is -0.144. The number of carbonyl (C=O) groups is 1. The van der Waals surface area contributed by atoms with Crippen LogP contribution in [0.2, 0.25) is 0 Å². The number of carboxylic acid groups (broad SMARTS) is 1. The lowest BCUT2D eigenvalue weighted by Gasteiger charge is -2.13. The van der Waals surface area contributed by atoms with E-state index in [0.717, 1.165) is 33.4 Å². The normalized spacial score (nSPS) is 14.0. The van der Waals surface area contributed by atoms with Crippen LogP contribution in [0.4, 0.5) is 0 Å². The van der Waals surface area contributed by atoms with Crippen molar-refractivity contribution in [3.8, 4) is 33.6 Å². The van der Waals surface area contributed by atoms with E-state index in [2.05, 4.69) is 23.9 Å². The van der Waals surface area contributed by atoms with Gasteiger partial charge in [-0.05, 0) is 32.9 Å². The fourth-order valence-corrected chi connectivity index (χ4v) is 4.05. The van der Waals surface area contributed by atoms with E-state index in [9.17, 15) is 4.79 Å². The molecular formula is C19H20N4O4S. The third-order valence-corrected chi connectivity index (χ3v) is 5.52. The van der Waals surface area contributed by atoms with Gasteiger partial charge in [0.2, 0.25) is 0 Å². The number of aromatic nitrogens is 4. The number of rotatable bonds is 5. The molecule has 0 bridgehead atoms. The summed E-state index contributed by atoms with van der Waals surface area (Å²) in [6, 6.07) is 5.51. The molecule has 9 heteroatoms. The van der Waals surface area contributed by atoms with Gasteiger partial charge in [0.1, 0.15) is 17.8 Å². The lowest BCUT2D eigenvalue weighted by Crippen LogP contribution is -2.22. The first-order valence-corrected chi connectivity index (χ1v) is 9.82. The number of ether oxygens (including phenoxy) is 2. The topological polar surface area (TPSA) is 99.4 Å². The van der Waals surface area contributed by atoms with E-state index in [4.69, 9.17) is 19.6 Å². The van der Waals surface area contributed by atoms with Crippen molar-refractivity contribution in [1.29, 1.82) is 0 Å². The fourth-order valence-electron chi connectivity index (χ4n) is 3.01. The second-order valence-corrected chi connectivity index (χ2v) is 7.85. The Bertz CT molecular complexity index is 1030. The molecule has 28 heavy (non-hydrogen) atoms. The Labute approximate surface area is 165 Å². The third kappa shape index (κ3) is 3.33. The minimum absolute atomic E-state index is 0.188. The van der Waals surface area contributed by atoms with Gasteiger partial charge in [-0.15, -0.1) is 11.3 Å². The zero-order valence-electron chi connectivity index (χ0n) is 15.7. The second-order valence-electron chi connectivity index (χ2n) is 6.77. The zero-order valence-corrected chi connectivity index (χ0v) is 16.6. The van der Waals surface area contributed by atoms with Gasteiger partial charge >= 0.3 is 5.97 Å². The molecule has 0 saturated heterocycles. The minimum atomic E-state index is -1.02. The highest BCUT2D eigenvalue weighted by molar-refractivity contribution is 7.15. The Kier molecular flexibility index (Phi) is 4.76. The van der Waals surface area contributed by atoms with Crippen molar-refractivity contribution in [1.82, 2.24) is 19.7 Å². The maximum absolute atomic E-state index is 11.0. The molecule has 4 rings (SSSR count). The summed E-state index contributed by atoms with van der Waals surface area (Å²) in [5.41, 5.74) is 1.73. The second kappa shape index (κ2) is 7.23. The molecule has 1 atom stereocenters. The number of fused-ring (bicyclic) bond motifs is 3. The van der Waals surface area contributed by atoms with Crippen LogP contribution in [0.5, 0.6) is 11.5 Å². The van der Waals surface area contributed by atoms with Crippen molar-refractivity contribution < 1.29 is 19.4 Å². The summed E-state index contributed by atoms with van der Waals surface area (Å²) in [4.78, 5) is 21.4. The van der Waals surface area contributed by atoms with Crippen LogP contribution >= 0.6 is 11.3 Å². The van der Waals surface area contributed by atoms with E-state index >= 15 is 0 Å². The standard InChI is InChI=1S/C19H20N4O4S/c1-10(2)23-17(20-9-21-23)18-22-16-13-5-4-12(27-11(3)19(24)25)8-14(13)26-7-6-15(16)28-18/h4-5,8-11H,6-7H2,1-3H3,(H,24,25). The van der Waals surface area contributed by atoms with Crippen LogP contribution in [-0.4, -0.2) is 43.5 Å². The van der Waals surface area contributed by atoms with Crippen molar-refractivity contribution in [3.05, 3.63) is 29.4 Å². The molecule has 1 aliphatic heterocycles. The van der Waals surface area contributed by atoms with E-state index in [1.54, 1.807) is 29.8 Å². The Morgan fingerprint density at radius 3 is 2.93 bits per heavy atom. The van der Waals surface area contributed by atoms with Crippen molar-refractivity contribution >= 4 is 17.3 Å². The smallest absolute Gasteiger partial charge is 0.344 e. The van der Waals surface area contributed by atoms with Crippen molar-refractivity contribution in [2.75, 3.05) is 6.61 Å². The molecule has 0 spiro atoms. The van der Waals surface area contributed by atoms with Gasteiger partial charge in [0.15, 0.2) is 16.9 Å². The maximum atomic E-state index is 11.0. The average molecular weight is 400 g/mol. The Balaban J connectivity index is 1.72. The molecule has 0 radical (unpaired) electrons. The number of carboxylic acids is 1. The molecule has 0 aliphatic carbocycles. The molecule has 2 aromatic heterocycles. The molecule has 0 fully saturated rings. The predicted octanol–water partition coefficient (Wildman–Crippen LogP) is 3.44. The van der Waals surface area contributed by atoms with Gasteiger partial charge in [0.05, 0.1) is 12.3 Å². The predicted molar refractivity (Wildman–Crippen MR) is 104 cm³/mol. The molecule has 1 N–H and O–H groups in total. The van der Waals surface area contributed by atoms with Crippen molar-refractivity contribution in [2.45, 2.75) is 39.3 Å². The van der Waals surface area contributed by atoms with E-state index in [1.165, 1.54) is 6.92 Å². The van der Waals surface area contributed by atoms with Crippen LogP contribution in [0, 0.1) is 0 Å². The quantitative estimate of drug-likeness (QED) is 0.700. The van der Waals surface area contributed by atoms with Crippen LogP contribution in [0.1, 0.15) is 31.7 Å². The zero-order chi connectivity index (χ0) is 19.8. The number of nitrogens with zero attached hydrogens (tertiary/aromatic N) is 4. The van der Waals surface area contributed by atoms with Gasteiger partial charge in [-0.1, -0.05) is 0 Å². The van der Waals surface area contributed by atoms with Crippen LogP contribution in [0.25, 0.3) is 22.1 Å². The van der Waals surface area contributed by atoms with Gasteiger partial charge in [-0.2, -0.15) is 5.10 Å². The van der Waals surface area contributed by atoms with Crippen molar-refractivity contribution in [3.63, 3.8) is 0 Å². The van der Waals surface area contributed by atoms with Gasteiger partial charge in [0, 0.05) is 29.0 Å². The van der Waals surface area contributed by atoms with Gasteiger partial charge in [0.25, 0.3) is 0 Å². The molecule has 1 unspecified atom stereocenters. The summed E-state index contributed by atoms with van der Waals surface area (Å²) in [7, 11) is 0. The average Bonchev–Trinajstić information content (AvgIpc) is 3.26. The first-order valence-electron chi connectivity index (χ1n) is 9.00. The summed E-state index contributed by atoms with van der Waals surface area (Å²) < 4.78 is 13.2. The van der Waals surface area contributed by atoms with E-state index in [0.29, 0.717) is 18.1 Å². The van der Waals surface area contributed by atoms with Crippen LogP contribution in [-0.2, 0) is 11.2 Å². The number of hydrogen-bond donors (Lipinski definition) is 1. The highest BCUT2D eigenvalue weighted by Gasteiger charge is 2.24. The van der Waals surface area contributed by atoms with Gasteiger partial charge in [-0.3, -0.25) is 0 Å². The summed E-state index contributed by atoms with van der Waals surface area (Å²) in [6.45, 7) is 6.11. The molecule has 0 amide bonds. The minimum Gasteiger partial charge on any atom is -0.492 e. The number of thiazole rings is 1. The summed E-state index contributed by atoms with van der Waals surface area (Å²) in [5.74, 6) is 0.824. The monoisotopic (exact) mass is 400 g/mol. The SMILES string of the molecule is CC(Oc1ccc2c(c1)OCCc1sc(-c3ncnn3C(C)C)nc1-2)C(=O)O. The molecule has 146 valence electrons. The Morgan fingerprint density at radius 2 is 2.18 bits per heavy atom. The van der Waals surface area contributed by atoms with Gasteiger partial charge < -0.3 is 14.6 Å². The highest BCUT2D eigenvalue weighted by Crippen LogP contribution is 2.41. The first kappa shape index (κ1) is 18.4. The molecule has 3 aromatic rings.